The first kappa shape index (κ1) is 16.0. The van der Waals surface area contributed by atoms with Gasteiger partial charge in [-0.2, -0.15) is 0 Å². The maximum Gasteiger partial charge on any atom is 1.00 e. The van der Waals surface area contributed by atoms with Crippen LogP contribution in [0.25, 0.3) is 0 Å². The molecule has 0 heterocycles. The summed E-state index contributed by atoms with van der Waals surface area (Å²) in [4.78, 5) is 22.7. The monoisotopic (exact) mass is 364 g/mol. The Morgan fingerprint density at radius 2 is 1.50 bits per heavy atom. The predicted octanol–water partition coefficient (Wildman–Crippen LogP) is 1.68. The zero-order chi connectivity index (χ0) is 13.8. The van der Waals surface area contributed by atoms with Crippen LogP contribution in [0.2, 0.25) is 0 Å². The minimum atomic E-state index is -1.21. The average molecular weight is 365 g/mol. The minimum Gasteiger partial charge on any atom is -0.872 e. The van der Waals surface area contributed by atoms with E-state index in [2.05, 4.69) is 0 Å². The summed E-state index contributed by atoms with van der Waals surface area (Å²) in [5, 5.41) is 20.4. The summed E-state index contributed by atoms with van der Waals surface area (Å²) in [6.45, 7) is 0. The van der Waals surface area contributed by atoms with Crippen LogP contribution in [0.1, 0.15) is 20.7 Å². The average Bonchev–Trinajstić information content (AvgIpc) is 2.39. The number of ether oxygens (including phenoxy) is 1. The molecule has 6 heteroatoms. The van der Waals surface area contributed by atoms with E-state index in [4.69, 9.17) is 9.84 Å². The van der Waals surface area contributed by atoms with Gasteiger partial charge in [-0.05, 0) is 18.2 Å². The molecular formula is C14H9AgO5. The number of rotatable bonds is 3. The van der Waals surface area contributed by atoms with E-state index < -0.39 is 17.7 Å². The molecule has 2 aromatic carbocycles. The third kappa shape index (κ3) is 3.48. The Bertz CT molecular complexity index is 639. The third-order valence-corrected chi connectivity index (χ3v) is 2.43. The molecule has 2 aromatic rings. The second kappa shape index (κ2) is 6.91. The molecule has 20 heavy (non-hydrogen) atoms. The van der Waals surface area contributed by atoms with Gasteiger partial charge in [0.05, 0.1) is 5.56 Å². The molecule has 0 fully saturated rings. The van der Waals surface area contributed by atoms with Crippen LogP contribution in [-0.2, 0) is 22.4 Å². The van der Waals surface area contributed by atoms with Gasteiger partial charge in [-0.3, -0.25) is 0 Å². The number of benzene rings is 2. The van der Waals surface area contributed by atoms with Gasteiger partial charge < -0.3 is 14.9 Å². The molecule has 0 bridgehead atoms. The molecule has 0 aliphatic heterocycles. The van der Waals surface area contributed by atoms with Crippen molar-refractivity contribution in [1.29, 1.82) is 0 Å². The number of carbonyl (C=O) groups excluding carboxylic acids is 1. The topological polar surface area (TPSA) is 86.7 Å². The van der Waals surface area contributed by atoms with E-state index in [0.29, 0.717) is 0 Å². The van der Waals surface area contributed by atoms with Gasteiger partial charge in [0.25, 0.3) is 0 Å². The number of carboxylic acid groups (broad SMARTS) is 1. The molecule has 0 saturated carbocycles. The normalized spacial score (nSPS) is 9.40. The molecule has 5 nitrogen and oxygen atoms in total. The van der Waals surface area contributed by atoms with Crippen molar-refractivity contribution in [1.82, 2.24) is 0 Å². The van der Waals surface area contributed by atoms with Gasteiger partial charge >= 0.3 is 34.3 Å². The number of hydrogen-bond acceptors (Lipinski definition) is 4. The fourth-order valence-corrected chi connectivity index (χ4v) is 1.52. The second-order valence-corrected chi connectivity index (χ2v) is 3.69. The first-order chi connectivity index (χ1) is 9.09. The molecule has 0 aromatic heterocycles. The molecule has 0 aliphatic carbocycles. The van der Waals surface area contributed by atoms with Crippen molar-refractivity contribution in [3.63, 3.8) is 0 Å². The number of carboxylic acids is 1. The maximum atomic E-state index is 11.8. The number of aromatic carboxylic acids is 1. The fraction of sp³-hybridized carbons (Fsp3) is 0. The van der Waals surface area contributed by atoms with Crippen LogP contribution in [0.4, 0.5) is 0 Å². The number of para-hydroxylation sites is 2. The van der Waals surface area contributed by atoms with Crippen LogP contribution in [0.15, 0.2) is 48.5 Å². The molecule has 106 valence electrons. The third-order valence-electron chi connectivity index (χ3n) is 2.43. The molecule has 0 radical (unpaired) electrons. The van der Waals surface area contributed by atoms with E-state index in [9.17, 15) is 14.7 Å². The Balaban J connectivity index is 0.00000200. The van der Waals surface area contributed by atoms with E-state index in [-0.39, 0.29) is 39.3 Å². The van der Waals surface area contributed by atoms with Crippen LogP contribution in [0.3, 0.4) is 0 Å². The minimum absolute atomic E-state index is 0. The van der Waals surface area contributed by atoms with Crippen LogP contribution < -0.4 is 9.84 Å². The van der Waals surface area contributed by atoms with E-state index in [1.807, 2.05) is 0 Å². The zero-order valence-electron chi connectivity index (χ0n) is 10.0. The van der Waals surface area contributed by atoms with E-state index in [1.165, 1.54) is 48.5 Å². The van der Waals surface area contributed by atoms with Gasteiger partial charge in [-0.1, -0.05) is 36.1 Å². The van der Waals surface area contributed by atoms with Crippen LogP contribution in [0, 0.1) is 0 Å². The van der Waals surface area contributed by atoms with Gasteiger partial charge in [0.15, 0.2) is 0 Å². The first-order valence-electron chi connectivity index (χ1n) is 5.40. The zero-order valence-corrected chi connectivity index (χ0v) is 11.5. The van der Waals surface area contributed by atoms with Crippen molar-refractivity contribution in [3.05, 3.63) is 59.7 Å². The summed E-state index contributed by atoms with van der Waals surface area (Å²) in [5.74, 6) is -2.65. The standard InChI is InChI=1S/C14H10O5.Ag/c15-11-7-3-1-5-9(11)14(18)19-12-8-4-2-6-10(12)13(16)17;/h1-8,15H,(H,16,17);/q;+1/p-1. The molecule has 0 unspecified atom stereocenters. The van der Waals surface area contributed by atoms with Crippen LogP contribution in [-0.4, -0.2) is 17.0 Å². The van der Waals surface area contributed by atoms with Gasteiger partial charge in [-0.15, -0.1) is 0 Å². The predicted molar refractivity (Wildman–Crippen MR) is 64.2 cm³/mol. The molecule has 2 rings (SSSR count). The number of carbonyl (C=O) groups is 2. The largest absolute Gasteiger partial charge is 1.00 e. The van der Waals surface area contributed by atoms with Crippen molar-refractivity contribution >= 4 is 11.9 Å². The van der Waals surface area contributed by atoms with Gasteiger partial charge in [0.2, 0.25) is 0 Å². The molecule has 0 amide bonds. The summed E-state index contributed by atoms with van der Waals surface area (Å²) in [6, 6.07) is 11.3. The molecular weight excluding hydrogens is 356 g/mol. The Kier molecular flexibility index (Phi) is 5.52. The quantitative estimate of drug-likeness (QED) is 0.508. The Morgan fingerprint density at radius 1 is 0.950 bits per heavy atom. The van der Waals surface area contributed by atoms with E-state index in [1.54, 1.807) is 0 Å². The summed E-state index contributed by atoms with van der Waals surface area (Å²) in [7, 11) is 0. The van der Waals surface area contributed by atoms with Crippen molar-refractivity contribution in [3.8, 4) is 11.5 Å². The van der Waals surface area contributed by atoms with E-state index >= 15 is 0 Å². The molecule has 0 saturated heterocycles. The van der Waals surface area contributed by atoms with Gasteiger partial charge in [0, 0.05) is 0 Å². The Labute approximate surface area is 130 Å². The fourth-order valence-electron chi connectivity index (χ4n) is 1.52. The van der Waals surface area contributed by atoms with Crippen molar-refractivity contribution in [2.45, 2.75) is 0 Å². The van der Waals surface area contributed by atoms with Crippen LogP contribution in [0.5, 0.6) is 11.5 Å². The SMILES string of the molecule is O=C(Oc1ccccc1C(=O)O)c1ccccc1[O-].[Ag+]. The summed E-state index contributed by atoms with van der Waals surface area (Å²) < 4.78 is 4.95. The first-order valence-corrected chi connectivity index (χ1v) is 5.40. The molecule has 0 atom stereocenters. The van der Waals surface area contributed by atoms with Crippen molar-refractivity contribution in [2.75, 3.05) is 0 Å². The van der Waals surface area contributed by atoms with Crippen molar-refractivity contribution in [2.24, 2.45) is 0 Å². The van der Waals surface area contributed by atoms with Crippen LogP contribution >= 0.6 is 0 Å². The van der Waals surface area contributed by atoms with Gasteiger partial charge in [0.1, 0.15) is 11.3 Å². The Hall–Kier alpha value is -2.08. The van der Waals surface area contributed by atoms with E-state index in [0.717, 1.165) is 0 Å². The summed E-state index contributed by atoms with van der Waals surface area (Å²) in [6.07, 6.45) is 0. The second-order valence-electron chi connectivity index (χ2n) is 3.69. The van der Waals surface area contributed by atoms with Gasteiger partial charge in [-0.25, -0.2) is 9.59 Å². The smallest absolute Gasteiger partial charge is 0.872 e. The summed E-state index contributed by atoms with van der Waals surface area (Å²) in [5.41, 5.74) is -0.276. The Morgan fingerprint density at radius 3 is 2.10 bits per heavy atom. The summed E-state index contributed by atoms with van der Waals surface area (Å²) >= 11 is 0. The molecule has 0 spiro atoms. The molecule has 0 aliphatic rings. The van der Waals surface area contributed by atoms with Crippen molar-refractivity contribution < 1.29 is 46.9 Å². The number of esters is 1. The number of hydrogen-bond donors (Lipinski definition) is 1. The maximum absolute atomic E-state index is 11.8. The molecule has 1 N–H and O–H groups in total.